The number of carbonyl (C=O) groups excluding carboxylic acids is 1. The first-order chi connectivity index (χ1) is 10.0. The van der Waals surface area contributed by atoms with Crippen molar-refractivity contribution in [1.82, 2.24) is 0 Å². The third kappa shape index (κ3) is 1.68. The molecule has 0 amide bonds. The summed E-state index contributed by atoms with van der Waals surface area (Å²) < 4.78 is 0. The molecule has 1 aromatic carbocycles. The zero-order valence-corrected chi connectivity index (χ0v) is 13.1. The molecule has 3 aliphatic carbocycles. The maximum Gasteiger partial charge on any atom is 0.139 e. The van der Waals surface area contributed by atoms with Crippen LogP contribution >= 0.6 is 0 Å². The van der Waals surface area contributed by atoms with Crippen LogP contribution in [-0.2, 0) is 11.2 Å². The number of nitrogens with two attached hydrogens (primary N) is 1. The number of ketones is 1. The molecule has 2 saturated carbocycles. The molecule has 0 bridgehead atoms. The Bertz CT molecular complexity index is 620. The predicted octanol–water partition coefficient (Wildman–Crippen LogP) is 4.00. The number of aryl methyl sites for hydroxylation is 1. The van der Waals surface area contributed by atoms with Crippen molar-refractivity contribution in [2.24, 2.45) is 17.3 Å². The fourth-order valence-electron chi connectivity index (χ4n) is 5.58. The van der Waals surface area contributed by atoms with E-state index in [9.17, 15) is 4.79 Å². The maximum absolute atomic E-state index is 12.3. The van der Waals surface area contributed by atoms with Crippen molar-refractivity contribution in [3.05, 3.63) is 28.8 Å². The molecule has 1 aromatic rings. The van der Waals surface area contributed by atoms with Crippen LogP contribution in [0.3, 0.4) is 0 Å². The summed E-state index contributed by atoms with van der Waals surface area (Å²) in [6.45, 7) is 4.34. The van der Waals surface area contributed by atoms with Gasteiger partial charge in [-0.05, 0) is 73.5 Å². The second kappa shape index (κ2) is 4.34. The summed E-state index contributed by atoms with van der Waals surface area (Å²) in [5.74, 6) is 2.48. The second-order valence-corrected chi connectivity index (χ2v) is 7.70. The van der Waals surface area contributed by atoms with Gasteiger partial charge in [-0.15, -0.1) is 0 Å². The van der Waals surface area contributed by atoms with E-state index >= 15 is 0 Å². The molecule has 0 spiro atoms. The van der Waals surface area contributed by atoms with Gasteiger partial charge in [0.2, 0.25) is 0 Å². The van der Waals surface area contributed by atoms with Crippen LogP contribution in [0.2, 0.25) is 0 Å². The highest BCUT2D eigenvalue weighted by atomic mass is 16.1. The Balaban J connectivity index is 1.75. The Kier molecular flexibility index (Phi) is 2.76. The molecule has 112 valence electrons. The number of hydrogen-bond acceptors (Lipinski definition) is 2. The third-order valence-electron chi connectivity index (χ3n) is 6.88. The van der Waals surface area contributed by atoms with Crippen LogP contribution in [0.25, 0.3) is 0 Å². The van der Waals surface area contributed by atoms with Gasteiger partial charge < -0.3 is 5.73 Å². The molecule has 4 rings (SSSR count). The third-order valence-corrected chi connectivity index (χ3v) is 6.88. The summed E-state index contributed by atoms with van der Waals surface area (Å²) in [6.07, 6.45) is 6.49. The van der Waals surface area contributed by atoms with Gasteiger partial charge in [0.05, 0.1) is 0 Å². The van der Waals surface area contributed by atoms with E-state index in [1.165, 1.54) is 29.5 Å². The summed E-state index contributed by atoms with van der Waals surface area (Å²) in [5, 5.41) is 0. The molecule has 2 fully saturated rings. The average Bonchev–Trinajstić information content (AvgIpc) is 2.78. The number of hydrogen-bond donors (Lipinski definition) is 1. The predicted molar refractivity (Wildman–Crippen MR) is 85.2 cm³/mol. The van der Waals surface area contributed by atoms with Gasteiger partial charge in [0.15, 0.2) is 0 Å². The standard InChI is InChI=1S/C19H25NO/c1-11-3-4-12-13-9-10-19(2)16(7-8-17(19)21)14(13)5-6-15(12)18(11)20/h3-4,13-14,16H,5-10,20H2,1-2H3/t13?,14?,16?,19-/m0/s1. The van der Waals surface area contributed by atoms with E-state index in [2.05, 4.69) is 26.0 Å². The topological polar surface area (TPSA) is 43.1 Å². The van der Waals surface area contributed by atoms with Gasteiger partial charge in [-0.3, -0.25) is 4.79 Å². The summed E-state index contributed by atoms with van der Waals surface area (Å²) in [6, 6.07) is 4.50. The minimum atomic E-state index is -0.0189. The van der Waals surface area contributed by atoms with Crippen LogP contribution in [0.5, 0.6) is 0 Å². The van der Waals surface area contributed by atoms with E-state index in [4.69, 9.17) is 5.73 Å². The van der Waals surface area contributed by atoms with Crippen molar-refractivity contribution < 1.29 is 4.79 Å². The molecule has 21 heavy (non-hydrogen) atoms. The minimum absolute atomic E-state index is 0.0189. The van der Waals surface area contributed by atoms with Crippen molar-refractivity contribution in [1.29, 1.82) is 0 Å². The zero-order chi connectivity index (χ0) is 14.8. The van der Waals surface area contributed by atoms with Crippen LogP contribution in [0.15, 0.2) is 12.1 Å². The SMILES string of the molecule is Cc1ccc2c(c1N)CCC1C2CC[C@]2(C)C(=O)CCC12. The minimum Gasteiger partial charge on any atom is -0.398 e. The van der Waals surface area contributed by atoms with Gasteiger partial charge in [0, 0.05) is 17.5 Å². The van der Waals surface area contributed by atoms with Gasteiger partial charge >= 0.3 is 0 Å². The number of fused-ring (bicyclic) bond motifs is 5. The van der Waals surface area contributed by atoms with Crippen LogP contribution in [0.4, 0.5) is 5.69 Å². The van der Waals surface area contributed by atoms with Gasteiger partial charge in [0.1, 0.15) is 5.78 Å². The molecule has 2 N–H and O–H groups in total. The molecule has 0 saturated heterocycles. The van der Waals surface area contributed by atoms with Crippen molar-refractivity contribution in [3.63, 3.8) is 0 Å². The van der Waals surface area contributed by atoms with Gasteiger partial charge in [-0.25, -0.2) is 0 Å². The van der Waals surface area contributed by atoms with E-state index in [1.54, 1.807) is 0 Å². The van der Waals surface area contributed by atoms with E-state index < -0.39 is 0 Å². The van der Waals surface area contributed by atoms with Crippen molar-refractivity contribution in [2.45, 2.75) is 58.3 Å². The van der Waals surface area contributed by atoms with E-state index in [-0.39, 0.29) is 5.41 Å². The zero-order valence-electron chi connectivity index (χ0n) is 13.1. The van der Waals surface area contributed by atoms with Crippen molar-refractivity contribution in [2.75, 3.05) is 5.73 Å². The van der Waals surface area contributed by atoms with Crippen molar-refractivity contribution in [3.8, 4) is 0 Å². The largest absolute Gasteiger partial charge is 0.398 e. The normalized spacial score (nSPS) is 37.8. The molecule has 4 atom stereocenters. The first-order valence-electron chi connectivity index (χ1n) is 8.43. The number of Topliss-reactive ketones (excluding diaryl/α,β-unsaturated/α-hetero) is 1. The Morgan fingerprint density at radius 3 is 2.81 bits per heavy atom. The Labute approximate surface area is 127 Å². The molecule has 2 nitrogen and oxygen atoms in total. The summed E-state index contributed by atoms with van der Waals surface area (Å²) in [7, 11) is 0. The molecule has 0 radical (unpaired) electrons. The molecule has 0 aliphatic heterocycles. The van der Waals surface area contributed by atoms with Crippen LogP contribution in [-0.4, -0.2) is 5.78 Å². The Hall–Kier alpha value is -1.31. The molecule has 0 heterocycles. The number of carbonyl (C=O) groups is 1. The highest BCUT2D eigenvalue weighted by Crippen LogP contribution is 2.59. The fraction of sp³-hybridized carbons (Fsp3) is 0.632. The second-order valence-electron chi connectivity index (χ2n) is 7.70. The lowest BCUT2D eigenvalue weighted by molar-refractivity contribution is -0.129. The molecule has 3 aliphatic rings. The van der Waals surface area contributed by atoms with Crippen LogP contribution in [0.1, 0.15) is 61.6 Å². The maximum atomic E-state index is 12.3. The summed E-state index contributed by atoms with van der Waals surface area (Å²) in [5.41, 5.74) is 11.4. The van der Waals surface area contributed by atoms with Gasteiger partial charge in [-0.2, -0.15) is 0 Å². The summed E-state index contributed by atoms with van der Waals surface area (Å²) >= 11 is 0. The lowest BCUT2D eigenvalue weighted by Crippen LogP contribution is -2.42. The first kappa shape index (κ1) is 13.4. The molecular weight excluding hydrogens is 258 g/mol. The average molecular weight is 283 g/mol. The van der Waals surface area contributed by atoms with Crippen LogP contribution in [0, 0.1) is 24.2 Å². The van der Waals surface area contributed by atoms with Crippen molar-refractivity contribution >= 4 is 11.5 Å². The quantitative estimate of drug-likeness (QED) is 0.731. The van der Waals surface area contributed by atoms with Gasteiger partial charge in [0.25, 0.3) is 0 Å². The monoisotopic (exact) mass is 283 g/mol. The molecule has 0 aromatic heterocycles. The van der Waals surface area contributed by atoms with Gasteiger partial charge in [-0.1, -0.05) is 19.1 Å². The number of anilines is 1. The lowest BCUT2D eigenvalue weighted by Gasteiger charge is -2.48. The highest BCUT2D eigenvalue weighted by molar-refractivity contribution is 5.87. The Morgan fingerprint density at radius 2 is 2.00 bits per heavy atom. The van der Waals surface area contributed by atoms with Crippen LogP contribution < -0.4 is 5.73 Å². The number of benzene rings is 1. The molecular formula is C19H25NO. The summed E-state index contributed by atoms with van der Waals surface area (Å²) in [4.78, 5) is 12.3. The van der Waals surface area contributed by atoms with E-state index in [0.717, 1.165) is 31.4 Å². The fourth-order valence-corrected chi connectivity index (χ4v) is 5.58. The van der Waals surface area contributed by atoms with E-state index in [0.29, 0.717) is 23.5 Å². The Morgan fingerprint density at radius 1 is 1.19 bits per heavy atom. The lowest BCUT2D eigenvalue weighted by atomic mass is 9.55. The molecule has 3 unspecified atom stereocenters. The number of nitrogen functional groups attached to an aromatic ring is 1. The van der Waals surface area contributed by atoms with E-state index in [1.807, 2.05) is 0 Å². The highest BCUT2D eigenvalue weighted by Gasteiger charge is 2.54. The smallest absolute Gasteiger partial charge is 0.139 e. The molecule has 2 heteroatoms. The first-order valence-corrected chi connectivity index (χ1v) is 8.43. The number of rotatable bonds is 0.